The molecule has 0 aliphatic carbocycles. The van der Waals surface area contributed by atoms with Gasteiger partial charge in [-0.2, -0.15) is 0 Å². The summed E-state index contributed by atoms with van der Waals surface area (Å²) in [5.74, 6) is -0.0762. The van der Waals surface area contributed by atoms with Gasteiger partial charge in [-0.3, -0.25) is 0 Å². The average molecular weight is 363 g/mol. The van der Waals surface area contributed by atoms with Gasteiger partial charge in [-0.25, -0.2) is 9.78 Å². The lowest BCUT2D eigenvalue weighted by atomic mass is 10.2. The summed E-state index contributed by atoms with van der Waals surface area (Å²) in [5, 5.41) is 0. The highest BCUT2D eigenvalue weighted by Gasteiger charge is 2.14. The quantitative estimate of drug-likeness (QED) is 0.442. The molecule has 0 spiro atoms. The van der Waals surface area contributed by atoms with Crippen molar-refractivity contribution in [3.8, 4) is 0 Å². The van der Waals surface area contributed by atoms with Crippen molar-refractivity contribution < 1.29 is 18.7 Å². The third-order valence-corrected chi connectivity index (χ3v) is 2.55. The second-order valence-corrected chi connectivity index (χ2v) is 4.02. The van der Waals surface area contributed by atoms with E-state index in [2.05, 4.69) is 32.3 Å². The molecule has 1 rings (SSSR count). The van der Waals surface area contributed by atoms with Crippen molar-refractivity contribution in [1.29, 1.82) is 0 Å². The van der Waals surface area contributed by atoms with Gasteiger partial charge in [0.15, 0.2) is 11.6 Å². The van der Waals surface area contributed by atoms with Gasteiger partial charge in [0, 0.05) is 7.11 Å². The molecule has 0 bridgehead atoms. The fraction of sp³-hybridized carbons (Fsp3) is 0.333. The van der Waals surface area contributed by atoms with Crippen LogP contribution in [0.2, 0.25) is 0 Å². The highest BCUT2D eigenvalue weighted by Crippen LogP contribution is 2.08. The number of carbonyl (C=O) groups is 1. The van der Waals surface area contributed by atoms with Gasteiger partial charge in [0.2, 0.25) is 0 Å². The molecule has 1 heterocycles. The first-order chi connectivity index (χ1) is 8.71. The molecule has 0 saturated carbocycles. The molecule has 0 amide bonds. The summed E-state index contributed by atoms with van der Waals surface area (Å²) < 4.78 is 16.9. The van der Waals surface area contributed by atoms with Crippen molar-refractivity contribution in [3.05, 3.63) is 40.2 Å². The minimum atomic E-state index is -0.512. The molecule has 0 aromatic carbocycles. The summed E-state index contributed by atoms with van der Waals surface area (Å²) in [6.45, 7) is 0. The number of hydrogen-bond acceptors (Lipinski definition) is 5. The number of carbonyl (C=O) groups excluding carboxylic acids is 1. The van der Waals surface area contributed by atoms with Crippen LogP contribution in [0.25, 0.3) is 0 Å². The number of allylic oxidation sites excluding steroid dienone is 2. The molecule has 0 aliphatic heterocycles. The molecule has 0 N–H and O–H groups in total. The number of rotatable bonds is 6. The Labute approximate surface area is 119 Å². The van der Waals surface area contributed by atoms with Gasteiger partial charge in [0.05, 0.1) is 19.6 Å². The molecule has 1 atom stereocenters. The first-order valence-electron chi connectivity index (χ1n) is 5.20. The lowest BCUT2D eigenvalue weighted by molar-refractivity contribution is 0.0594. The van der Waals surface area contributed by atoms with Gasteiger partial charge < -0.3 is 13.9 Å². The van der Waals surface area contributed by atoms with Crippen molar-refractivity contribution in [2.75, 3.05) is 14.2 Å². The summed E-state index contributed by atoms with van der Waals surface area (Å²) in [6, 6.07) is 0. The van der Waals surface area contributed by atoms with Crippen LogP contribution in [0.5, 0.6) is 0 Å². The Morgan fingerprint density at radius 1 is 1.56 bits per heavy atom. The van der Waals surface area contributed by atoms with Crippen LogP contribution in [0, 0.1) is 0 Å². The number of ether oxygens (including phenoxy) is 2. The molecule has 5 nitrogen and oxygen atoms in total. The standard InChI is InChI=1S/C12H14INO4/c1-16-9(5-3-4-6-13)7-11-14-10(8-18-11)12(15)17-2/h3-6,8-9H,7H2,1-2H3/b5-3-,6-4+/t9-/m1/s1. The summed E-state index contributed by atoms with van der Waals surface area (Å²) >= 11 is 2.13. The largest absolute Gasteiger partial charge is 0.464 e. The predicted octanol–water partition coefficient (Wildman–Crippen LogP) is 2.52. The molecule has 98 valence electrons. The van der Waals surface area contributed by atoms with E-state index in [9.17, 15) is 4.79 Å². The van der Waals surface area contributed by atoms with Crippen molar-refractivity contribution in [2.45, 2.75) is 12.5 Å². The second kappa shape index (κ2) is 8.04. The topological polar surface area (TPSA) is 61.6 Å². The van der Waals surface area contributed by atoms with Crippen LogP contribution < -0.4 is 0 Å². The minimum Gasteiger partial charge on any atom is -0.464 e. The number of halogens is 1. The molecule has 6 heteroatoms. The third-order valence-electron chi connectivity index (χ3n) is 2.13. The highest BCUT2D eigenvalue weighted by molar-refractivity contribution is 14.1. The van der Waals surface area contributed by atoms with E-state index >= 15 is 0 Å². The zero-order valence-electron chi connectivity index (χ0n) is 10.1. The van der Waals surface area contributed by atoms with E-state index < -0.39 is 5.97 Å². The molecular weight excluding hydrogens is 349 g/mol. The highest BCUT2D eigenvalue weighted by atomic mass is 127. The Morgan fingerprint density at radius 3 is 2.94 bits per heavy atom. The van der Waals surface area contributed by atoms with Crippen LogP contribution in [0.1, 0.15) is 16.4 Å². The molecule has 0 radical (unpaired) electrons. The lowest BCUT2D eigenvalue weighted by Gasteiger charge is -2.06. The zero-order valence-corrected chi connectivity index (χ0v) is 12.3. The molecule has 1 aromatic heterocycles. The molecule has 0 saturated heterocycles. The predicted molar refractivity (Wildman–Crippen MR) is 74.6 cm³/mol. The number of aromatic nitrogens is 1. The summed E-state index contributed by atoms with van der Waals surface area (Å²) in [7, 11) is 2.90. The molecular formula is C12H14INO4. The smallest absolute Gasteiger partial charge is 0.360 e. The SMILES string of the molecule is COC(=O)c1coc(C[C@@H](/C=C\C=C\I)OC)n1. The first kappa shape index (κ1) is 14.9. The van der Waals surface area contributed by atoms with Crippen molar-refractivity contribution >= 4 is 28.6 Å². The fourth-order valence-electron chi connectivity index (χ4n) is 1.24. The van der Waals surface area contributed by atoms with Crippen molar-refractivity contribution in [3.63, 3.8) is 0 Å². The van der Waals surface area contributed by atoms with Gasteiger partial charge in [0.25, 0.3) is 0 Å². The van der Waals surface area contributed by atoms with Gasteiger partial charge >= 0.3 is 5.97 Å². The molecule has 18 heavy (non-hydrogen) atoms. The van der Waals surface area contributed by atoms with Crippen LogP contribution in [-0.2, 0) is 15.9 Å². The second-order valence-electron chi connectivity index (χ2n) is 3.30. The monoisotopic (exact) mass is 363 g/mol. The van der Waals surface area contributed by atoms with E-state index in [1.54, 1.807) is 7.11 Å². The van der Waals surface area contributed by atoms with E-state index in [1.165, 1.54) is 13.4 Å². The summed E-state index contributed by atoms with van der Waals surface area (Å²) in [5.41, 5.74) is 0.165. The summed E-state index contributed by atoms with van der Waals surface area (Å²) in [6.07, 6.45) is 7.24. The normalized spacial score (nSPS) is 13.3. The summed E-state index contributed by atoms with van der Waals surface area (Å²) in [4.78, 5) is 15.2. The van der Waals surface area contributed by atoms with Crippen molar-refractivity contribution in [2.24, 2.45) is 0 Å². The van der Waals surface area contributed by atoms with Crippen LogP contribution in [-0.4, -0.2) is 31.3 Å². The maximum absolute atomic E-state index is 11.2. The van der Waals surface area contributed by atoms with Gasteiger partial charge in [-0.15, -0.1) is 0 Å². The Hall–Kier alpha value is -1.15. The van der Waals surface area contributed by atoms with E-state index in [4.69, 9.17) is 9.15 Å². The zero-order chi connectivity index (χ0) is 13.4. The Bertz CT molecular complexity index is 439. The Balaban J connectivity index is 2.64. The van der Waals surface area contributed by atoms with E-state index in [1.807, 2.05) is 22.3 Å². The van der Waals surface area contributed by atoms with E-state index in [0.717, 1.165) is 0 Å². The third kappa shape index (κ3) is 4.61. The van der Waals surface area contributed by atoms with Crippen LogP contribution in [0.4, 0.5) is 0 Å². The van der Waals surface area contributed by atoms with Crippen LogP contribution in [0.3, 0.4) is 0 Å². The Kier molecular flexibility index (Phi) is 6.66. The number of nitrogens with zero attached hydrogens (tertiary/aromatic N) is 1. The number of esters is 1. The average Bonchev–Trinajstić information content (AvgIpc) is 2.85. The fourth-order valence-corrected chi connectivity index (χ4v) is 1.47. The molecule has 0 aliphatic rings. The van der Waals surface area contributed by atoms with Crippen molar-refractivity contribution in [1.82, 2.24) is 4.98 Å². The molecule has 0 fully saturated rings. The molecule has 0 unspecified atom stereocenters. The first-order valence-corrected chi connectivity index (χ1v) is 6.45. The van der Waals surface area contributed by atoms with E-state index in [0.29, 0.717) is 12.3 Å². The number of oxazole rings is 1. The van der Waals surface area contributed by atoms with Crippen LogP contribution in [0.15, 0.2) is 33.0 Å². The minimum absolute atomic E-state index is 0.151. The van der Waals surface area contributed by atoms with Gasteiger partial charge in [-0.05, 0) is 4.08 Å². The van der Waals surface area contributed by atoms with E-state index in [-0.39, 0.29) is 11.8 Å². The molecule has 1 aromatic rings. The van der Waals surface area contributed by atoms with Crippen LogP contribution >= 0.6 is 22.6 Å². The maximum atomic E-state index is 11.2. The number of methoxy groups -OCH3 is 2. The van der Waals surface area contributed by atoms with Gasteiger partial charge in [-0.1, -0.05) is 40.8 Å². The van der Waals surface area contributed by atoms with Gasteiger partial charge in [0.1, 0.15) is 6.26 Å². The Morgan fingerprint density at radius 2 is 2.33 bits per heavy atom. The number of hydrogen-bond donors (Lipinski definition) is 0. The maximum Gasteiger partial charge on any atom is 0.360 e. The lowest BCUT2D eigenvalue weighted by Crippen LogP contribution is -2.11.